The molecule has 5 rings (SSSR count). The van der Waals surface area contributed by atoms with Gasteiger partial charge in [0.25, 0.3) is 5.91 Å². The third kappa shape index (κ3) is 4.42. The molecule has 3 unspecified atom stereocenters. The van der Waals surface area contributed by atoms with Crippen LogP contribution in [0.1, 0.15) is 73.3 Å². The Bertz CT molecular complexity index is 1150. The third-order valence-corrected chi connectivity index (χ3v) is 7.99. The van der Waals surface area contributed by atoms with Gasteiger partial charge in [-0.2, -0.15) is 0 Å². The van der Waals surface area contributed by atoms with Crippen LogP contribution in [-0.4, -0.2) is 39.9 Å². The molecule has 2 aromatic carbocycles. The Labute approximate surface area is 208 Å². The maximum Gasteiger partial charge on any atom is 0.303 e. The monoisotopic (exact) mass is 498 g/mol. The molecule has 2 fully saturated rings. The number of carbonyl (C=O) groups excluding carboxylic acids is 2. The van der Waals surface area contributed by atoms with E-state index in [0.29, 0.717) is 16.3 Å². The van der Waals surface area contributed by atoms with Gasteiger partial charge in [0.15, 0.2) is 0 Å². The summed E-state index contributed by atoms with van der Waals surface area (Å²) in [5, 5.41) is 9.66. The van der Waals surface area contributed by atoms with Crippen molar-refractivity contribution in [1.29, 1.82) is 0 Å². The number of carboxylic acid groups (broad SMARTS) is 1. The highest BCUT2D eigenvalue weighted by molar-refractivity contribution is 6.31. The van der Waals surface area contributed by atoms with Gasteiger partial charge in [-0.05, 0) is 74.1 Å². The summed E-state index contributed by atoms with van der Waals surface area (Å²) in [4.78, 5) is 42.1. The Morgan fingerprint density at radius 2 is 1.71 bits per heavy atom. The number of carbonyl (C=O) groups is 3. The van der Waals surface area contributed by atoms with Gasteiger partial charge >= 0.3 is 5.97 Å². The van der Waals surface area contributed by atoms with Gasteiger partial charge in [-0.3, -0.25) is 14.4 Å². The predicted molar refractivity (Wildman–Crippen MR) is 130 cm³/mol. The summed E-state index contributed by atoms with van der Waals surface area (Å²) in [5.41, 5.74) is 1.94. The Morgan fingerprint density at radius 3 is 2.37 bits per heavy atom. The van der Waals surface area contributed by atoms with E-state index in [2.05, 4.69) is 0 Å². The average molecular weight is 499 g/mol. The Balaban J connectivity index is 1.59. The molecule has 0 saturated heterocycles. The van der Waals surface area contributed by atoms with Crippen LogP contribution in [-0.2, 0) is 9.59 Å². The van der Waals surface area contributed by atoms with E-state index in [9.17, 15) is 23.9 Å². The molecule has 0 radical (unpaired) electrons. The summed E-state index contributed by atoms with van der Waals surface area (Å²) < 4.78 is 13.5. The fourth-order valence-electron chi connectivity index (χ4n) is 5.98. The van der Waals surface area contributed by atoms with E-state index < -0.39 is 11.8 Å². The van der Waals surface area contributed by atoms with E-state index in [1.807, 2.05) is 11.0 Å². The van der Waals surface area contributed by atoms with E-state index in [0.717, 1.165) is 44.1 Å². The molecule has 1 heterocycles. The van der Waals surface area contributed by atoms with Crippen molar-refractivity contribution in [2.45, 2.75) is 69.5 Å². The number of fused-ring (bicyclic) bond motifs is 2. The van der Waals surface area contributed by atoms with Crippen LogP contribution in [0.25, 0.3) is 0 Å². The van der Waals surface area contributed by atoms with E-state index in [4.69, 9.17) is 11.6 Å². The van der Waals surface area contributed by atoms with Crippen LogP contribution in [0.15, 0.2) is 42.5 Å². The van der Waals surface area contributed by atoms with Crippen LogP contribution >= 0.6 is 11.6 Å². The number of benzene rings is 2. The number of halogens is 2. The van der Waals surface area contributed by atoms with Gasteiger partial charge in [-0.25, -0.2) is 4.39 Å². The minimum Gasteiger partial charge on any atom is -0.481 e. The summed E-state index contributed by atoms with van der Waals surface area (Å²) in [6, 6.07) is 10.7. The lowest BCUT2D eigenvalue weighted by Gasteiger charge is -2.51. The molecule has 35 heavy (non-hydrogen) atoms. The Hall–Kier alpha value is -2.93. The molecule has 1 N–H and O–H groups in total. The number of anilines is 1. The maximum atomic E-state index is 13.7. The molecule has 0 aromatic heterocycles. The second-order valence-corrected chi connectivity index (χ2v) is 10.2. The van der Waals surface area contributed by atoms with Gasteiger partial charge in [0.2, 0.25) is 5.91 Å². The molecule has 3 aliphatic rings. The molecule has 2 saturated carbocycles. The number of amides is 2. The lowest BCUT2D eigenvalue weighted by Crippen LogP contribution is -2.55. The van der Waals surface area contributed by atoms with Crippen molar-refractivity contribution >= 4 is 35.1 Å². The average Bonchev–Trinajstić information content (AvgIpc) is 3.27. The second kappa shape index (κ2) is 9.61. The fraction of sp³-hybridized carbons (Fsp3) is 0.444. The van der Waals surface area contributed by atoms with Crippen molar-refractivity contribution in [2.24, 2.45) is 5.92 Å². The molecule has 1 aliphatic heterocycles. The normalized spacial score (nSPS) is 23.3. The van der Waals surface area contributed by atoms with Crippen molar-refractivity contribution in [3.8, 4) is 0 Å². The SMILES string of the molecule is O=C(O)CCC(=O)N(C1CCC1)C1c2ccc(Cl)cc2N(C(=O)c2ccc(F)cc2)C2CCCC21. The summed E-state index contributed by atoms with van der Waals surface area (Å²) in [7, 11) is 0. The first-order valence-electron chi connectivity index (χ1n) is 12.3. The zero-order valence-corrected chi connectivity index (χ0v) is 20.1. The minimum atomic E-state index is -0.988. The molecular weight excluding hydrogens is 471 g/mol. The highest BCUT2D eigenvalue weighted by Crippen LogP contribution is 2.53. The number of nitrogens with zero attached hydrogens (tertiary/aromatic N) is 2. The van der Waals surface area contributed by atoms with E-state index in [-0.39, 0.29) is 48.7 Å². The first kappa shape index (κ1) is 23.8. The molecule has 0 bridgehead atoms. The molecule has 2 aromatic rings. The minimum absolute atomic E-state index is 0.0300. The molecule has 184 valence electrons. The Kier molecular flexibility index (Phi) is 6.53. The van der Waals surface area contributed by atoms with Crippen molar-refractivity contribution in [2.75, 3.05) is 4.90 Å². The zero-order valence-electron chi connectivity index (χ0n) is 19.3. The number of hydrogen-bond acceptors (Lipinski definition) is 3. The summed E-state index contributed by atoms with van der Waals surface area (Å²) in [6.45, 7) is 0. The lowest BCUT2D eigenvalue weighted by molar-refractivity contribution is -0.145. The summed E-state index contributed by atoms with van der Waals surface area (Å²) in [5.74, 6) is -1.72. The van der Waals surface area contributed by atoms with Gasteiger partial charge in [-0.15, -0.1) is 0 Å². The number of rotatable bonds is 6. The molecular formula is C27H28ClFN2O4. The van der Waals surface area contributed by atoms with Crippen LogP contribution in [0.3, 0.4) is 0 Å². The molecule has 2 amide bonds. The predicted octanol–water partition coefficient (Wildman–Crippen LogP) is 5.60. The van der Waals surface area contributed by atoms with Gasteiger partial charge in [0.05, 0.1) is 18.2 Å². The first-order chi connectivity index (χ1) is 16.8. The Morgan fingerprint density at radius 1 is 1.00 bits per heavy atom. The standard InChI is InChI=1S/C27H28ClFN2O4/c28-17-9-12-21-23(15-17)31(27(35)16-7-10-18(29)11-8-16)22-6-2-5-20(22)26(21)30(19-3-1-4-19)24(32)13-14-25(33)34/h7-12,15,19-20,22,26H,1-6,13-14H2,(H,33,34). The summed E-state index contributed by atoms with van der Waals surface area (Å²) in [6.07, 6.45) is 5.16. The second-order valence-electron chi connectivity index (χ2n) is 9.77. The van der Waals surface area contributed by atoms with E-state index >= 15 is 0 Å². The van der Waals surface area contributed by atoms with Crippen LogP contribution < -0.4 is 4.90 Å². The van der Waals surface area contributed by atoms with Crippen LogP contribution in [0.4, 0.5) is 10.1 Å². The highest BCUT2D eigenvalue weighted by atomic mass is 35.5. The largest absolute Gasteiger partial charge is 0.481 e. The first-order valence-corrected chi connectivity index (χ1v) is 12.6. The van der Waals surface area contributed by atoms with Gasteiger partial charge in [-0.1, -0.05) is 24.1 Å². The van der Waals surface area contributed by atoms with Crippen molar-refractivity contribution < 1.29 is 23.9 Å². The zero-order chi connectivity index (χ0) is 24.7. The molecule has 2 aliphatic carbocycles. The molecule has 6 nitrogen and oxygen atoms in total. The topological polar surface area (TPSA) is 77.9 Å². The van der Waals surface area contributed by atoms with Gasteiger partial charge < -0.3 is 14.9 Å². The van der Waals surface area contributed by atoms with Crippen LogP contribution in [0.5, 0.6) is 0 Å². The van der Waals surface area contributed by atoms with Crippen LogP contribution in [0, 0.1) is 11.7 Å². The van der Waals surface area contributed by atoms with Crippen LogP contribution in [0.2, 0.25) is 5.02 Å². The number of aliphatic carboxylic acids is 1. The van der Waals surface area contributed by atoms with Gasteiger partial charge in [0, 0.05) is 35.0 Å². The third-order valence-electron chi connectivity index (χ3n) is 7.76. The van der Waals surface area contributed by atoms with Gasteiger partial charge in [0.1, 0.15) is 5.82 Å². The molecule has 3 atom stereocenters. The lowest BCUT2D eigenvalue weighted by atomic mass is 9.78. The molecule has 8 heteroatoms. The smallest absolute Gasteiger partial charge is 0.303 e. The quantitative estimate of drug-likeness (QED) is 0.562. The number of carboxylic acids is 1. The van der Waals surface area contributed by atoms with E-state index in [1.165, 1.54) is 24.3 Å². The number of hydrogen-bond donors (Lipinski definition) is 1. The summed E-state index contributed by atoms with van der Waals surface area (Å²) >= 11 is 6.40. The molecule has 0 spiro atoms. The highest BCUT2D eigenvalue weighted by Gasteiger charge is 2.50. The van der Waals surface area contributed by atoms with E-state index in [1.54, 1.807) is 17.0 Å². The van der Waals surface area contributed by atoms with Crippen molar-refractivity contribution in [3.63, 3.8) is 0 Å². The van der Waals surface area contributed by atoms with Crippen molar-refractivity contribution in [1.82, 2.24) is 4.90 Å². The fourth-order valence-corrected chi connectivity index (χ4v) is 6.15. The van der Waals surface area contributed by atoms with Crippen molar-refractivity contribution in [3.05, 3.63) is 64.4 Å². The maximum absolute atomic E-state index is 13.7.